The Kier molecular flexibility index (Phi) is 10.1. The van der Waals surface area contributed by atoms with Crippen molar-refractivity contribution < 1.29 is 59.3 Å². The molecule has 2 fully saturated rings. The van der Waals surface area contributed by atoms with Crippen LogP contribution in [0.15, 0.2) is 65.5 Å². The van der Waals surface area contributed by atoms with E-state index in [4.69, 9.17) is 4.74 Å². The van der Waals surface area contributed by atoms with Crippen LogP contribution >= 0.6 is 0 Å². The number of halogens is 9. The first kappa shape index (κ1) is 38.5. The van der Waals surface area contributed by atoms with E-state index in [9.17, 15) is 59.3 Å². The molecule has 0 amide bonds. The Morgan fingerprint density at radius 2 is 1.55 bits per heavy atom. The zero-order valence-electron chi connectivity index (χ0n) is 27.9. The molecule has 4 aromatic rings. The molecule has 2 aliphatic rings. The van der Waals surface area contributed by atoms with Gasteiger partial charge in [-0.25, -0.2) is 0 Å². The SMILES string of the molecule is Cn1c(=O)c(-c2cccc3c(C[C@H](NC(O)C4(C(F)(F)F)CCN(C5COC(C(F)(F)F)C5)CC4)C(=O)O)cccc23)c(C(F)(F)F)c2ccccc21. The number of hydrogen-bond donors (Lipinski definition) is 3. The number of aromatic nitrogens is 1. The van der Waals surface area contributed by atoms with Gasteiger partial charge in [0.1, 0.15) is 17.7 Å². The number of rotatable bonds is 8. The molecule has 1 aromatic heterocycles. The van der Waals surface area contributed by atoms with Crippen molar-refractivity contribution in [1.82, 2.24) is 14.8 Å². The number of benzene rings is 3. The molecule has 2 saturated heterocycles. The van der Waals surface area contributed by atoms with E-state index < -0.39 is 96.7 Å². The number of pyridine rings is 1. The Hall–Kier alpha value is -4.19. The van der Waals surface area contributed by atoms with Gasteiger partial charge in [-0.2, -0.15) is 39.5 Å². The molecule has 0 radical (unpaired) electrons. The summed E-state index contributed by atoms with van der Waals surface area (Å²) < 4.78 is 133. The number of nitrogens with zero attached hydrogens (tertiary/aromatic N) is 2. The highest BCUT2D eigenvalue weighted by Gasteiger charge is 2.61. The van der Waals surface area contributed by atoms with Gasteiger partial charge in [0.05, 0.1) is 23.3 Å². The summed E-state index contributed by atoms with van der Waals surface area (Å²) in [6, 6.07) is 11.4. The molecule has 3 heterocycles. The average Bonchev–Trinajstić information content (AvgIpc) is 3.60. The largest absolute Gasteiger partial charge is 0.480 e. The summed E-state index contributed by atoms with van der Waals surface area (Å²) in [5.74, 6) is -1.63. The number of likely N-dealkylation sites (tertiary alicyclic amines) is 1. The molecule has 6 rings (SSSR count). The summed E-state index contributed by atoms with van der Waals surface area (Å²) in [5.41, 5.74) is -5.44. The first-order valence-corrected chi connectivity index (χ1v) is 16.6. The van der Waals surface area contributed by atoms with E-state index in [-0.39, 0.29) is 52.5 Å². The monoisotopic (exact) mass is 759 g/mol. The van der Waals surface area contributed by atoms with Crippen LogP contribution in [0.2, 0.25) is 0 Å². The molecule has 53 heavy (non-hydrogen) atoms. The maximum atomic E-state index is 14.7. The highest BCUT2D eigenvalue weighted by Crippen LogP contribution is 2.49. The molecule has 3 unspecified atom stereocenters. The molecule has 3 aromatic carbocycles. The second-order valence-corrected chi connectivity index (χ2v) is 13.6. The van der Waals surface area contributed by atoms with E-state index in [1.807, 2.05) is 0 Å². The number of aliphatic hydroxyl groups is 1. The fourth-order valence-corrected chi connectivity index (χ4v) is 7.69. The lowest BCUT2D eigenvalue weighted by Gasteiger charge is -2.47. The summed E-state index contributed by atoms with van der Waals surface area (Å²) in [5, 5.41) is 23.6. The highest BCUT2D eigenvalue weighted by molar-refractivity contribution is 6.01. The van der Waals surface area contributed by atoms with Gasteiger partial charge in [0, 0.05) is 24.9 Å². The zero-order chi connectivity index (χ0) is 38.7. The first-order chi connectivity index (χ1) is 24.7. The number of carboxylic acids is 1. The predicted molar refractivity (Wildman–Crippen MR) is 175 cm³/mol. The number of ether oxygens (including phenoxy) is 1. The van der Waals surface area contributed by atoms with Crippen molar-refractivity contribution in [2.24, 2.45) is 12.5 Å². The summed E-state index contributed by atoms with van der Waals surface area (Å²) >= 11 is 0. The first-order valence-electron chi connectivity index (χ1n) is 16.6. The number of fused-ring (bicyclic) bond motifs is 2. The fraction of sp³-hybridized carbons (Fsp3) is 0.444. The third kappa shape index (κ3) is 7.11. The second-order valence-electron chi connectivity index (χ2n) is 13.6. The van der Waals surface area contributed by atoms with Gasteiger partial charge in [0.15, 0.2) is 6.10 Å². The molecule has 0 spiro atoms. The second kappa shape index (κ2) is 13.9. The van der Waals surface area contributed by atoms with Crippen molar-refractivity contribution in [1.29, 1.82) is 0 Å². The number of aliphatic hydroxyl groups excluding tert-OH is 1. The number of aryl methyl sites for hydroxylation is 1. The van der Waals surface area contributed by atoms with Gasteiger partial charge >= 0.3 is 24.5 Å². The van der Waals surface area contributed by atoms with E-state index in [1.54, 1.807) is 0 Å². The molecule has 2 aliphatic heterocycles. The van der Waals surface area contributed by atoms with Crippen LogP contribution in [0, 0.1) is 5.41 Å². The lowest BCUT2D eigenvalue weighted by Crippen LogP contribution is -2.62. The van der Waals surface area contributed by atoms with Crippen molar-refractivity contribution >= 4 is 27.6 Å². The van der Waals surface area contributed by atoms with E-state index in [1.165, 1.54) is 72.6 Å². The van der Waals surface area contributed by atoms with Gasteiger partial charge < -0.3 is 19.5 Å². The minimum atomic E-state index is -5.05. The van der Waals surface area contributed by atoms with Gasteiger partial charge in [-0.05, 0) is 60.3 Å². The van der Waals surface area contributed by atoms with Crippen molar-refractivity contribution in [3.05, 3.63) is 82.1 Å². The van der Waals surface area contributed by atoms with Crippen molar-refractivity contribution in [2.45, 2.75) is 68.6 Å². The van der Waals surface area contributed by atoms with Crippen LogP contribution in [-0.2, 0) is 29.2 Å². The quantitative estimate of drug-likeness (QED) is 0.137. The van der Waals surface area contributed by atoms with Crippen LogP contribution in [-0.4, -0.2) is 82.1 Å². The molecule has 0 aliphatic carbocycles. The molecule has 0 bridgehead atoms. The van der Waals surface area contributed by atoms with Crippen molar-refractivity contribution in [3.8, 4) is 11.1 Å². The van der Waals surface area contributed by atoms with Crippen LogP contribution < -0.4 is 10.9 Å². The number of alkyl halides is 9. The number of carbonyl (C=O) groups is 1. The van der Waals surface area contributed by atoms with Crippen LogP contribution in [0.5, 0.6) is 0 Å². The molecule has 8 nitrogen and oxygen atoms in total. The summed E-state index contributed by atoms with van der Waals surface area (Å²) in [7, 11) is 1.34. The third-order valence-electron chi connectivity index (χ3n) is 10.6. The molecule has 17 heteroatoms. The summed E-state index contributed by atoms with van der Waals surface area (Å²) in [4.78, 5) is 27.5. The molecular weight excluding hydrogens is 725 g/mol. The summed E-state index contributed by atoms with van der Waals surface area (Å²) in [6.45, 7) is -1.01. The van der Waals surface area contributed by atoms with Crippen LogP contribution in [0.1, 0.15) is 30.4 Å². The average molecular weight is 760 g/mol. The molecule has 3 N–H and O–H groups in total. The maximum absolute atomic E-state index is 14.7. The van der Waals surface area contributed by atoms with E-state index in [2.05, 4.69) is 5.32 Å². The normalized spacial score (nSPS) is 21.3. The predicted octanol–water partition coefficient (Wildman–Crippen LogP) is 6.65. The number of carboxylic acid groups (broad SMARTS) is 1. The van der Waals surface area contributed by atoms with Gasteiger partial charge in [-0.3, -0.25) is 19.8 Å². The Morgan fingerprint density at radius 3 is 2.15 bits per heavy atom. The number of nitrogens with one attached hydrogen (secondary N) is 1. The van der Waals surface area contributed by atoms with Crippen LogP contribution in [0.4, 0.5) is 39.5 Å². The Bertz CT molecular complexity index is 2070. The van der Waals surface area contributed by atoms with E-state index in [0.29, 0.717) is 0 Å². The zero-order valence-corrected chi connectivity index (χ0v) is 27.9. The van der Waals surface area contributed by atoms with Gasteiger partial charge in [-0.15, -0.1) is 0 Å². The minimum Gasteiger partial charge on any atom is -0.480 e. The van der Waals surface area contributed by atoms with E-state index >= 15 is 0 Å². The molecule has 286 valence electrons. The van der Waals surface area contributed by atoms with Gasteiger partial charge in [-0.1, -0.05) is 54.6 Å². The Morgan fingerprint density at radius 1 is 0.925 bits per heavy atom. The van der Waals surface area contributed by atoms with Crippen molar-refractivity contribution in [2.75, 3.05) is 19.7 Å². The topological polar surface area (TPSA) is 104 Å². The standard InChI is InChI=1S/C36H34F9N3O5/c1-47-26-11-3-2-7-24(26)29(35(40,41)42)28(30(47)49)23-10-5-8-21-19(6-4-9-22(21)23)16-25(31(50)51)46-32(52)33(36(43,44)45)12-14-48(15-13-33)20-17-27(53-18-20)34(37,38)39/h2-11,20,25,27,32,46,52H,12-18H2,1H3,(H,50,51)/t20?,25-,27?,32?/m0/s1. The van der Waals surface area contributed by atoms with Gasteiger partial charge in [0.2, 0.25) is 0 Å². The van der Waals surface area contributed by atoms with Crippen molar-refractivity contribution in [3.63, 3.8) is 0 Å². The Labute approximate surface area is 295 Å². The molecule has 0 saturated carbocycles. The Balaban J connectivity index is 1.31. The van der Waals surface area contributed by atoms with Gasteiger partial charge in [0.25, 0.3) is 5.56 Å². The lowest BCUT2D eigenvalue weighted by molar-refractivity contribution is -0.275. The maximum Gasteiger partial charge on any atom is 0.417 e. The van der Waals surface area contributed by atoms with E-state index in [0.717, 1.165) is 4.57 Å². The smallest absolute Gasteiger partial charge is 0.417 e. The number of piperidine rings is 1. The van der Waals surface area contributed by atoms with Crippen LogP contribution in [0.25, 0.3) is 32.8 Å². The number of hydrogen-bond acceptors (Lipinski definition) is 6. The summed E-state index contributed by atoms with van der Waals surface area (Å²) in [6.07, 6.45) is -21.6. The number of para-hydroxylation sites is 1. The molecular formula is C36H34F9N3O5. The fourth-order valence-electron chi connectivity index (χ4n) is 7.69. The van der Waals surface area contributed by atoms with Crippen LogP contribution in [0.3, 0.4) is 0 Å². The lowest BCUT2D eigenvalue weighted by atomic mass is 9.75. The highest BCUT2D eigenvalue weighted by atomic mass is 19.4. The number of aliphatic carboxylic acids is 1. The third-order valence-corrected chi connectivity index (χ3v) is 10.6. The minimum absolute atomic E-state index is 0.0494. The molecule has 4 atom stereocenters.